The summed E-state index contributed by atoms with van der Waals surface area (Å²) in [6.45, 7) is 0.869. The van der Waals surface area contributed by atoms with Gasteiger partial charge in [-0.2, -0.15) is 0 Å². The Kier molecular flexibility index (Phi) is 4.02. The predicted octanol–water partition coefficient (Wildman–Crippen LogP) is 3.10. The molecule has 2 aliphatic rings. The molecular formula is C19H16O5. The van der Waals surface area contributed by atoms with Crippen molar-refractivity contribution in [2.24, 2.45) is 0 Å². The van der Waals surface area contributed by atoms with E-state index < -0.39 is 6.29 Å². The van der Waals surface area contributed by atoms with Crippen molar-refractivity contribution >= 4 is 5.78 Å². The first-order valence-electron chi connectivity index (χ1n) is 7.72. The molecule has 0 aromatic heterocycles. The largest absolute Gasteiger partial charge is 0.454 e. The Balaban J connectivity index is 1.42. The van der Waals surface area contributed by atoms with Gasteiger partial charge in [-0.1, -0.05) is 30.3 Å². The molecule has 0 radical (unpaired) electrons. The van der Waals surface area contributed by atoms with Gasteiger partial charge in [-0.15, -0.1) is 0 Å². The lowest BCUT2D eigenvalue weighted by Crippen LogP contribution is -2.09. The highest BCUT2D eigenvalue weighted by Gasteiger charge is 2.24. The third kappa shape index (κ3) is 3.04. The van der Waals surface area contributed by atoms with E-state index in [1.807, 2.05) is 30.3 Å². The molecule has 0 aliphatic carbocycles. The van der Waals surface area contributed by atoms with Crippen LogP contribution in [0.4, 0.5) is 0 Å². The van der Waals surface area contributed by atoms with Crippen LogP contribution >= 0.6 is 0 Å². The molecule has 5 heteroatoms. The average molecular weight is 324 g/mol. The molecule has 0 saturated carbocycles. The molecular weight excluding hydrogens is 308 g/mol. The van der Waals surface area contributed by atoms with Gasteiger partial charge in [-0.3, -0.25) is 4.79 Å². The molecule has 4 rings (SSSR count). The van der Waals surface area contributed by atoms with Crippen molar-refractivity contribution in [3.05, 3.63) is 71.3 Å². The van der Waals surface area contributed by atoms with Crippen molar-refractivity contribution in [2.45, 2.75) is 12.9 Å². The van der Waals surface area contributed by atoms with Gasteiger partial charge in [0, 0.05) is 11.1 Å². The van der Waals surface area contributed by atoms with E-state index in [1.54, 1.807) is 24.3 Å². The smallest absolute Gasteiger partial charge is 0.231 e. The number of hydrogen-bond donors (Lipinski definition) is 0. The first-order valence-corrected chi connectivity index (χ1v) is 7.72. The minimum Gasteiger partial charge on any atom is -0.454 e. The molecule has 0 amide bonds. The van der Waals surface area contributed by atoms with Crippen LogP contribution in [-0.2, 0) is 16.1 Å². The first kappa shape index (κ1) is 14.9. The van der Waals surface area contributed by atoms with E-state index in [2.05, 4.69) is 0 Å². The molecule has 2 heterocycles. The molecule has 0 unspecified atom stereocenters. The molecule has 2 aliphatic heterocycles. The van der Waals surface area contributed by atoms with Gasteiger partial charge in [-0.25, -0.2) is 0 Å². The van der Waals surface area contributed by atoms with Gasteiger partial charge < -0.3 is 18.9 Å². The fourth-order valence-electron chi connectivity index (χ4n) is 2.65. The van der Waals surface area contributed by atoms with E-state index in [9.17, 15) is 4.79 Å². The Morgan fingerprint density at radius 2 is 1.92 bits per heavy atom. The number of carbonyl (C=O) groups is 1. The number of rotatable bonds is 5. The summed E-state index contributed by atoms with van der Waals surface area (Å²) in [5, 5.41) is 0. The first-order chi connectivity index (χ1) is 11.8. The van der Waals surface area contributed by atoms with Crippen LogP contribution in [0.25, 0.3) is 0 Å². The second kappa shape index (κ2) is 6.47. The minimum absolute atomic E-state index is 0.0842. The summed E-state index contributed by atoms with van der Waals surface area (Å²) < 4.78 is 21.8. The molecule has 0 saturated heterocycles. The molecule has 5 nitrogen and oxygen atoms in total. The summed E-state index contributed by atoms with van der Waals surface area (Å²) in [6.07, 6.45) is 1.23. The zero-order chi connectivity index (χ0) is 16.4. The van der Waals surface area contributed by atoms with Crippen LogP contribution in [0.5, 0.6) is 11.5 Å². The molecule has 0 N–H and O–H groups in total. The quantitative estimate of drug-likeness (QED) is 0.791. The Bertz CT molecular complexity index is 782. The number of fused-ring (bicyclic) bond motifs is 1. The highest BCUT2D eigenvalue weighted by Crippen LogP contribution is 2.33. The van der Waals surface area contributed by atoms with Crippen LogP contribution in [0.1, 0.15) is 15.9 Å². The molecule has 24 heavy (non-hydrogen) atoms. The van der Waals surface area contributed by atoms with Crippen molar-refractivity contribution in [1.82, 2.24) is 0 Å². The summed E-state index contributed by atoms with van der Waals surface area (Å²) in [6, 6.07) is 15.0. The van der Waals surface area contributed by atoms with Crippen molar-refractivity contribution < 1.29 is 23.7 Å². The molecule has 122 valence electrons. The van der Waals surface area contributed by atoms with E-state index in [-0.39, 0.29) is 19.2 Å². The van der Waals surface area contributed by atoms with Gasteiger partial charge >= 0.3 is 0 Å². The molecule has 1 atom stereocenters. The summed E-state index contributed by atoms with van der Waals surface area (Å²) in [5.74, 6) is 1.17. The number of ether oxygens (including phenoxy) is 4. The standard InChI is InChI=1S/C19H16O5/c20-19(14-6-7-16-17(8-14)24-12-23-16)15-9-18(22-11-15)21-10-13-4-2-1-3-5-13/h1-9,18H,10-12H2/t18-/m0/s1. The number of Topliss-reactive ketones (excluding diaryl/α,β-unsaturated/α-hetero) is 1. The van der Waals surface area contributed by atoms with Crippen LogP contribution in [0.3, 0.4) is 0 Å². The monoisotopic (exact) mass is 324 g/mol. The Morgan fingerprint density at radius 3 is 2.79 bits per heavy atom. The summed E-state index contributed by atoms with van der Waals surface area (Å²) in [5.41, 5.74) is 2.20. The van der Waals surface area contributed by atoms with Crippen LogP contribution in [0.15, 0.2) is 60.2 Å². The number of ketones is 1. The molecule has 0 fully saturated rings. The van der Waals surface area contributed by atoms with E-state index in [0.29, 0.717) is 29.2 Å². The van der Waals surface area contributed by atoms with Gasteiger partial charge in [0.05, 0.1) is 13.2 Å². The summed E-state index contributed by atoms with van der Waals surface area (Å²) in [7, 11) is 0. The number of hydrogen-bond acceptors (Lipinski definition) is 5. The van der Waals surface area contributed by atoms with Gasteiger partial charge in [0.25, 0.3) is 0 Å². The molecule has 0 bridgehead atoms. The Hall–Kier alpha value is -2.63. The average Bonchev–Trinajstić information content (AvgIpc) is 3.29. The molecule has 2 aromatic carbocycles. The van der Waals surface area contributed by atoms with Crippen LogP contribution in [0.2, 0.25) is 0 Å². The van der Waals surface area contributed by atoms with Crippen molar-refractivity contribution in [3.8, 4) is 11.5 Å². The molecule has 0 spiro atoms. The third-order valence-corrected chi connectivity index (χ3v) is 3.92. The number of benzene rings is 2. The van der Waals surface area contributed by atoms with Crippen LogP contribution in [0, 0.1) is 0 Å². The van der Waals surface area contributed by atoms with Gasteiger partial charge in [-0.05, 0) is 29.8 Å². The highest BCUT2D eigenvalue weighted by atomic mass is 16.7. The molecule has 2 aromatic rings. The summed E-state index contributed by atoms with van der Waals surface area (Å²) >= 11 is 0. The predicted molar refractivity (Wildman–Crippen MR) is 85.9 cm³/mol. The fraction of sp³-hybridized carbons (Fsp3) is 0.211. The van der Waals surface area contributed by atoms with E-state index >= 15 is 0 Å². The maximum atomic E-state index is 12.6. The van der Waals surface area contributed by atoms with E-state index in [1.165, 1.54) is 0 Å². The van der Waals surface area contributed by atoms with Crippen LogP contribution in [-0.4, -0.2) is 25.5 Å². The Labute approximate surface area is 139 Å². The summed E-state index contributed by atoms with van der Waals surface area (Å²) in [4.78, 5) is 12.6. The third-order valence-electron chi connectivity index (χ3n) is 3.92. The van der Waals surface area contributed by atoms with Gasteiger partial charge in [0.1, 0.15) is 0 Å². The lowest BCUT2D eigenvalue weighted by Gasteiger charge is -2.09. The van der Waals surface area contributed by atoms with Gasteiger partial charge in [0.2, 0.25) is 6.79 Å². The van der Waals surface area contributed by atoms with Crippen LogP contribution < -0.4 is 9.47 Å². The number of carbonyl (C=O) groups excluding carboxylic acids is 1. The Morgan fingerprint density at radius 1 is 1.08 bits per heavy atom. The van der Waals surface area contributed by atoms with E-state index in [0.717, 1.165) is 5.56 Å². The normalized spacial score (nSPS) is 18.5. The van der Waals surface area contributed by atoms with Crippen molar-refractivity contribution in [3.63, 3.8) is 0 Å². The zero-order valence-corrected chi connectivity index (χ0v) is 12.9. The second-order valence-electron chi connectivity index (χ2n) is 5.57. The fourth-order valence-corrected chi connectivity index (χ4v) is 2.65. The lowest BCUT2D eigenvalue weighted by atomic mass is 10.0. The zero-order valence-electron chi connectivity index (χ0n) is 12.9. The second-order valence-corrected chi connectivity index (χ2v) is 5.57. The van der Waals surface area contributed by atoms with Gasteiger partial charge in [0.15, 0.2) is 23.6 Å². The van der Waals surface area contributed by atoms with Crippen molar-refractivity contribution in [1.29, 1.82) is 0 Å². The highest BCUT2D eigenvalue weighted by molar-refractivity contribution is 6.09. The van der Waals surface area contributed by atoms with Crippen molar-refractivity contribution in [2.75, 3.05) is 13.4 Å². The lowest BCUT2D eigenvalue weighted by molar-refractivity contribution is -0.0999. The van der Waals surface area contributed by atoms with E-state index in [4.69, 9.17) is 18.9 Å². The SMILES string of the molecule is O=C(C1=C[C@@H](OCc2ccccc2)OC1)c1ccc2c(c1)OCO2. The maximum Gasteiger partial charge on any atom is 0.231 e. The topological polar surface area (TPSA) is 54.0 Å². The maximum absolute atomic E-state index is 12.6. The minimum atomic E-state index is -0.502.